The van der Waals surface area contributed by atoms with Crippen molar-refractivity contribution in [2.45, 2.75) is 50.4 Å². The van der Waals surface area contributed by atoms with Gasteiger partial charge >= 0.3 is 0 Å². The molecular weight excluding hydrogens is 459 g/mol. The van der Waals surface area contributed by atoms with Gasteiger partial charge in [0.25, 0.3) is 0 Å². The van der Waals surface area contributed by atoms with Crippen LogP contribution in [0, 0.1) is 0 Å². The summed E-state index contributed by atoms with van der Waals surface area (Å²) in [6, 6.07) is 5.47. The normalized spacial score (nSPS) is 25.1. The second-order valence-corrected chi connectivity index (χ2v) is 9.42. The molecule has 3 aromatic rings. The minimum atomic E-state index is -2.43. The van der Waals surface area contributed by atoms with Crippen molar-refractivity contribution in [1.82, 2.24) is 24.5 Å². The lowest BCUT2D eigenvalue weighted by Crippen LogP contribution is -2.57. The smallest absolute Gasteiger partial charge is 0.241 e. The topological polar surface area (TPSA) is 79.9 Å². The van der Waals surface area contributed by atoms with Gasteiger partial charge in [0.1, 0.15) is 6.17 Å². The summed E-state index contributed by atoms with van der Waals surface area (Å²) in [5.74, 6) is -0.136. The quantitative estimate of drug-likeness (QED) is 0.564. The molecule has 186 valence electrons. The van der Waals surface area contributed by atoms with Crippen LogP contribution in [0.2, 0.25) is 0 Å². The number of hydrogen-bond donors (Lipinski definition) is 1. The second-order valence-electron chi connectivity index (χ2n) is 9.42. The number of pyridine rings is 1. The van der Waals surface area contributed by atoms with E-state index in [1.165, 1.54) is 0 Å². The number of ether oxygens (including phenoxy) is 1. The molecule has 35 heavy (non-hydrogen) atoms. The first-order chi connectivity index (χ1) is 17.0. The maximum atomic E-state index is 14.6. The van der Waals surface area contributed by atoms with Crippen molar-refractivity contribution < 1.29 is 19.3 Å². The minimum absolute atomic E-state index is 0. The Morgan fingerprint density at radius 1 is 1.26 bits per heavy atom. The van der Waals surface area contributed by atoms with Crippen LogP contribution in [-0.2, 0) is 4.74 Å². The van der Waals surface area contributed by atoms with Gasteiger partial charge in [0.2, 0.25) is 12.4 Å². The largest absolute Gasteiger partial charge is 0.378 e. The number of likely N-dealkylation sites (tertiary alicyclic amines) is 1. The van der Waals surface area contributed by atoms with Crippen LogP contribution in [-0.4, -0.2) is 81.2 Å². The molecule has 1 unspecified atom stereocenters. The lowest BCUT2D eigenvalue weighted by molar-refractivity contribution is -0.0767. The number of nitrogens with one attached hydrogen (secondary N) is 1. The van der Waals surface area contributed by atoms with Gasteiger partial charge in [-0.2, -0.15) is 0 Å². The second kappa shape index (κ2) is 8.87. The van der Waals surface area contributed by atoms with Gasteiger partial charge in [0.05, 0.1) is 54.1 Å². The van der Waals surface area contributed by atoms with Crippen molar-refractivity contribution in [3.05, 3.63) is 36.3 Å². The molecule has 0 aromatic carbocycles. The van der Waals surface area contributed by atoms with Crippen LogP contribution >= 0.6 is 0 Å². The van der Waals surface area contributed by atoms with E-state index >= 15 is 0 Å². The van der Waals surface area contributed by atoms with Gasteiger partial charge in [0, 0.05) is 44.3 Å². The van der Waals surface area contributed by atoms with Crippen molar-refractivity contribution in [3.63, 3.8) is 0 Å². The molecule has 3 atom stereocenters. The Morgan fingerprint density at radius 2 is 2.11 bits per heavy atom. The standard InChI is InChI=1S/C24H26F3N7O.H2/c1-13-16(8-22(26)27)23-19(29-13)3-2-18(30-23)15-4-7-34-21(15)9-28-24(32-34)31-20-10-33(6-5-17(20)25)14-11-35-12-14;/h2-4,7,9,14,16-17,20,22H,5-6,8,10-12H2,1H3,(H,31,32);1H/t16?,17-,20+;/m1./s1. The lowest BCUT2D eigenvalue weighted by atomic mass is 9.97. The van der Waals surface area contributed by atoms with E-state index in [0.717, 1.165) is 17.6 Å². The number of rotatable bonds is 6. The molecule has 6 heterocycles. The summed E-state index contributed by atoms with van der Waals surface area (Å²) in [5, 5.41) is 7.69. The summed E-state index contributed by atoms with van der Waals surface area (Å²) in [7, 11) is 0. The first-order valence-electron chi connectivity index (χ1n) is 11.9. The van der Waals surface area contributed by atoms with Crippen molar-refractivity contribution in [1.29, 1.82) is 0 Å². The van der Waals surface area contributed by atoms with E-state index in [2.05, 4.69) is 25.3 Å². The van der Waals surface area contributed by atoms with Crippen LogP contribution in [0.1, 0.15) is 32.8 Å². The van der Waals surface area contributed by atoms with Crippen LogP contribution in [0.15, 0.2) is 35.6 Å². The number of halogens is 3. The maximum Gasteiger partial charge on any atom is 0.241 e. The molecule has 8 nitrogen and oxygen atoms in total. The zero-order valence-electron chi connectivity index (χ0n) is 19.2. The molecule has 0 bridgehead atoms. The fourth-order valence-electron chi connectivity index (χ4n) is 5.09. The summed E-state index contributed by atoms with van der Waals surface area (Å²) >= 11 is 0. The van der Waals surface area contributed by atoms with Crippen molar-refractivity contribution in [2.75, 3.05) is 31.6 Å². The number of piperidine rings is 1. The Bertz CT molecular complexity index is 1280. The third-order valence-electron chi connectivity index (χ3n) is 7.15. The molecule has 2 saturated heterocycles. The fraction of sp³-hybridized carbons (Fsp3) is 0.500. The SMILES string of the molecule is CC1=Nc2ccc(-c3ccn4nc(N[C@H]5CN(C6COC6)CC[C@H]5F)ncc34)nc2C1CC(F)F.[HH]. The molecule has 3 aromatic heterocycles. The number of nitrogens with zero attached hydrogens (tertiary/aromatic N) is 6. The zero-order chi connectivity index (χ0) is 24.1. The molecule has 0 spiro atoms. The third kappa shape index (κ3) is 4.16. The first kappa shape index (κ1) is 22.4. The number of anilines is 1. The molecule has 0 saturated carbocycles. The average molecular weight is 488 g/mol. The molecule has 6 rings (SSSR count). The number of aromatic nitrogens is 4. The van der Waals surface area contributed by atoms with E-state index in [9.17, 15) is 13.2 Å². The van der Waals surface area contributed by atoms with E-state index in [0.29, 0.717) is 61.0 Å². The van der Waals surface area contributed by atoms with E-state index in [1.54, 1.807) is 23.8 Å². The van der Waals surface area contributed by atoms with E-state index < -0.39 is 24.6 Å². The Hall–Kier alpha value is -3.05. The van der Waals surface area contributed by atoms with Gasteiger partial charge in [-0.05, 0) is 31.5 Å². The highest BCUT2D eigenvalue weighted by Crippen LogP contribution is 2.39. The molecular formula is C24H28F3N7O. The molecule has 11 heteroatoms. The molecule has 3 aliphatic rings. The van der Waals surface area contributed by atoms with Gasteiger partial charge in [-0.25, -0.2) is 27.7 Å². The van der Waals surface area contributed by atoms with Crippen molar-refractivity contribution >= 4 is 22.9 Å². The summed E-state index contributed by atoms with van der Waals surface area (Å²) in [4.78, 5) is 15.8. The average Bonchev–Trinajstić information content (AvgIpc) is 3.35. The maximum absolute atomic E-state index is 14.6. The number of alkyl halides is 3. The predicted molar refractivity (Wildman–Crippen MR) is 128 cm³/mol. The van der Waals surface area contributed by atoms with Crippen LogP contribution < -0.4 is 5.32 Å². The Morgan fingerprint density at radius 3 is 2.89 bits per heavy atom. The summed E-state index contributed by atoms with van der Waals surface area (Å²) in [5.41, 5.74) is 4.03. The van der Waals surface area contributed by atoms with Gasteiger partial charge < -0.3 is 10.1 Å². The third-order valence-corrected chi connectivity index (χ3v) is 7.15. The van der Waals surface area contributed by atoms with Gasteiger partial charge in [-0.1, -0.05) is 0 Å². The van der Waals surface area contributed by atoms with Crippen LogP contribution in [0.25, 0.3) is 16.8 Å². The van der Waals surface area contributed by atoms with E-state index in [-0.39, 0.29) is 7.85 Å². The predicted octanol–water partition coefficient (Wildman–Crippen LogP) is 4.11. The molecule has 2 fully saturated rings. The highest BCUT2D eigenvalue weighted by molar-refractivity contribution is 5.96. The molecule has 0 amide bonds. The van der Waals surface area contributed by atoms with Crippen LogP contribution in [0.4, 0.5) is 24.8 Å². The molecule has 0 radical (unpaired) electrons. The van der Waals surface area contributed by atoms with E-state index in [1.807, 2.05) is 18.2 Å². The fourth-order valence-corrected chi connectivity index (χ4v) is 5.09. The Balaban J connectivity index is 0.00000267. The van der Waals surface area contributed by atoms with Crippen LogP contribution in [0.5, 0.6) is 0 Å². The van der Waals surface area contributed by atoms with Crippen molar-refractivity contribution in [2.24, 2.45) is 4.99 Å². The van der Waals surface area contributed by atoms with Gasteiger partial charge in [-0.3, -0.25) is 9.89 Å². The highest BCUT2D eigenvalue weighted by Gasteiger charge is 2.35. The highest BCUT2D eigenvalue weighted by atomic mass is 19.3. The van der Waals surface area contributed by atoms with Crippen molar-refractivity contribution in [3.8, 4) is 11.3 Å². The van der Waals surface area contributed by atoms with E-state index in [4.69, 9.17) is 9.72 Å². The van der Waals surface area contributed by atoms with Gasteiger partial charge in [0.15, 0.2) is 0 Å². The summed E-state index contributed by atoms with van der Waals surface area (Å²) in [6.07, 6.45) is 0.217. The number of fused-ring (bicyclic) bond motifs is 2. The van der Waals surface area contributed by atoms with Crippen LogP contribution in [0.3, 0.4) is 0 Å². The number of hydrogen-bond acceptors (Lipinski definition) is 7. The van der Waals surface area contributed by atoms with Gasteiger partial charge in [-0.15, -0.1) is 5.10 Å². The molecule has 1 N–H and O–H groups in total. The Kier molecular flexibility index (Phi) is 5.68. The minimum Gasteiger partial charge on any atom is -0.378 e. The molecule has 3 aliphatic heterocycles. The Labute approximate surface area is 201 Å². The monoisotopic (exact) mass is 487 g/mol. The lowest BCUT2D eigenvalue weighted by Gasteiger charge is -2.43. The summed E-state index contributed by atoms with van der Waals surface area (Å²) < 4.78 is 47.8. The summed E-state index contributed by atoms with van der Waals surface area (Å²) in [6.45, 7) is 4.46. The first-order valence-corrected chi connectivity index (χ1v) is 11.9. The zero-order valence-corrected chi connectivity index (χ0v) is 19.2. The number of aliphatic imine (C=N–C) groups is 1. The molecule has 0 aliphatic carbocycles.